The lowest BCUT2D eigenvalue weighted by Crippen LogP contribution is -2.39. The van der Waals surface area contributed by atoms with Crippen molar-refractivity contribution in [1.82, 2.24) is 25.7 Å². The van der Waals surface area contributed by atoms with Crippen molar-refractivity contribution in [2.75, 3.05) is 31.1 Å². The molecule has 5 heterocycles. The zero-order chi connectivity index (χ0) is 19.4. The van der Waals surface area contributed by atoms with E-state index in [-0.39, 0.29) is 11.6 Å². The minimum Gasteiger partial charge on any atom is -0.372 e. The van der Waals surface area contributed by atoms with Crippen LogP contribution < -0.4 is 15.8 Å². The van der Waals surface area contributed by atoms with Crippen LogP contribution in [0.15, 0.2) is 12.4 Å². The molecule has 4 unspecified atom stereocenters. The molecule has 0 spiro atoms. The molecule has 29 heavy (non-hydrogen) atoms. The number of anilines is 1. The lowest BCUT2D eigenvalue weighted by Gasteiger charge is -2.35. The van der Waals surface area contributed by atoms with E-state index in [1.54, 1.807) is 6.33 Å². The van der Waals surface area contributed by atoms with Gasteiger partial charge in [0.2, 0.25) is 0 Å². The van der Waals surface area contributed by atoms with Crippen molar-refractivity contribution in [3.05, 3.63) is 18.1 Å². The Hall–Kier alpha value is -1.28. The minimum atomic E-state index is 0.163. The van der Waals surface area contributed by atoms with Crippen LogP contribution in [0, 0.1) is 5.92 Å². The van der Waals surface area contributed by atoms with Crippen LogP contribution in [0.2, 0.25) is 0 Å². The fraction of sp³-hybridized carbons (Fsp3) is 0.818. The van der Waals surface area contributed by atoms with E-state index in [1.165, 1.54) is 51.6 Å². The Morgan fingerprint density at radius 2 is 1.90 bits per heavy atom. The molecule has 2 N–H and O–H groups in total. The van der Waals surface area contributed by atoms with Gasteiger partial charge in [0.1, 0.15) is 12.1 Å². The zero-order valence-corrected chi connectivity index (χ0v) is 17.5. The maximum atomic E-state index is 6.45. The van der Waals surface area contributed by atoms with Crippen molar-refractivity contribution in [2.45, 2.75) is 81.7 Å². The molecular weight excluding hydrogens is 364 g/mol. The first-order chi connectivity index (χ1) is 14.2. The number of hydrogen-bond donors (Lipinski definition) is 2. The molecule has 0 aromatic carbocycles. The van der Waals surface area contributed by atoms with E-state index in [0.29, 0.717) is 24.1 Å². The molecule has 0 radical (unpaired) electrons. The quantitative estimate of drug-likeness (QED) is 0.804. The highest BCUT2D eigenvalue weighted by molar-refractivity contribution is 5.42. The maximum Gasteiger partial charge on any atom is 0.132 e. The summed E-state index contributed by atoms with van der Waals surface area (Å²) in [6.45, 7) is 6.97. The van der Waals surface area contributed by atoms with Crippen LogP contribution in [0.25, 0.3) is 0 Å². The van der Waals surface area contributed by atoms with E-state index in [0.717, 1.165) is 31.0 Å². The van der Waals surface area contributed by atoms with Gasteiger partial charge >= 0.3 is 0 Å². The second kappa shape index (κ2) is 7.15. The Morgan fingerprint density at radius 1 is 1.03 bits per heavy atom. The van der Waals surface area contributed by atoms with Gasteiger partial charge in [-0.3, -0.25) is 5.43 Å². The Balaban J connectivity index is 1.20. The van der Waals surface area contributed by atoms with Crippen LogP contribution in [0.4, 0.5) is 5.82 Å². The number of hydrazine groups is 1. The van der Waals surface area contributed by atoms with Crippen molar-refractivity contribution in [2.24, 2.45) is 5.92 Å². The summed E-state index contributed by atoms with van der Waals surface area (Å²) in [5.41, 5.74) is 8.42. The molecule has 158 valence electrons. The predicted molar refractivity (Wildman–Crippen MR) is 111 cm³/mol. The molecule has 0 amide bonds. The van der Waals surface area contributed by atoms with Crippen molar-refractivity contribution < 1.29 is 4.74 Å². The Kier molecular flexibility index (Phi) is 4.56. The second-order valence-electron chi connectivity index (χ2n) is 10.1. The number of ether oxygens (including phenoxy) is 1. The number of fused-ring (bicyclic) bond motifs is 5. The SMILES string of the molecule is CC1(OC2CCC3NNC(c4cc(N5CCN6CCC5CC6)ncn4)C3C2)CC1. The van der Waals surface area contributed by atoms with E-state index in [9.17, 15) is 0 Å². The van der Waals surface area contributed by atoms with Crippen LogP contribution in [0.3, 0.4) is 0 Å². The van der Waals surface area contributed by atoms with Gasteiger partial charge in [-0.15, -0.1) is 0 Å². The lowest BCUT2D eigenvalue weighted by molar-refractivity contribution is -0.0500. The monoisotopic (exact) mass is 398 g/mol. The van der Waals surface area contributed by atoms with Gasteiger partial charge in [0.15, 0.2) is 0 Å². The summed E-state index contributed by atoms with van der Waals surface area (Å²) >= 11 is 0. The van der Waals surface area contributed by atoms with Gasteiger partial charge in [-0.25, -0.2) is 15.4 Å². The fourth-order valence-electron chi connectivity index (χ4n) is 5.99. The summed E-state index contributed by atoms with van der Waals surface area (Å²) in [6, 6.07) is 3.65. The zero-order valence-electron chi connectivity index (χ0n) is 17.5. The molecule has 1 aromatic heterocycles. The van der Waals surface area contributed by atoms with E-state index in [2.05, 4.69) is 33.6 Å². The summed E-state index contributed by atoms with van der Waals surface area (Å²) in [7, 11) is 0. The number of hydrogen-bond acceptors (Lipinski definition) is 7. The fourth-order valence-corrected chi connectivity index (χ4v) is 5.99. The molecule has 6 fully saturated rings. The third kappa shape index (κ3) is 3.56. The highest BCUT2D eigenvalue weighted by atomic mass is 16.5. The van der Waals surface area contributed by atoms with Crippen LogP contribution in [-0.4, -0.2) is 64.8 Å². The number of piperidine rings is 1. The van der Waals surface area contributed by atoms with Gasteiger partial charge in [0.05, 0.1) is 23.4 Å². The molecule has 7 nitrogen and oxygen atoms in total. The molecule has 4 aliphatic heterocycles. The second-order valence-corrected chi connectivity index (χ2v) is 10.1. The molecule has 4 atom stereocenters. The first kappa shape index (κ1) is 18.5. The molecular formula is C22H34N6O. The van der Waals surface area contributed by atoms with Crippen LogP contribution >= 0.6 is 0 Å². The summed E-state index contributed by atoms with van der Waals surface area (Å²) in [5, 5.41) is 0. The predicted octanol–water partition coefficient (Wildman–Crippen LogP) is 2.02. The van der Waals surface area contributed by atoms with Crippen molar-refractivity contribution in [1.29, 1.82) is 0 Å². The molecule has 2 saturated carbocycles. The molecule has 2 bridgehead atoms. The molecule has 1 aromatic rings. The topological polar surface area (TPSA) is 65.6 Å². The standard InChI is InChI=1S/C22H34N6O/c1-22(6-7-22)29-16-2-3-18-17(12-16)21(26-25-18)19-13-20(24-14-23-19)28-11-10-27-8-4-15(28)5-9-27/h13-18,21,25-26H,2-12H2,1H3. The lowest BCUT2D eigenvalue weighted by atomic mass is 9.79. The molecule has 7 rings (SSSR count). The third-order valence-corrected chi connectivity index (χ3v) is 8.05. The Labute approximate surface area is 173 Å². The number of rotatable bonds is 4. The third-order valence-electron chi connectivity index (χ3n) is 8.05. The number of aromatic nitrogens is 2. The van der Waals surface area contributed by atoms with Gasteiger partial charge in [0, 0.05) is 50.2 Å². The molecule has 2 aliphatic carbocycles. The smallest absolute Gasteiger partial charge is 0.132 e. The minimum absolute atomic E-state index is 0.163. The molecule has 6 aliphatic rings. The van der Waals surface area contributed by atoms with Gasteiger partial charge in [0.25, 0.3) is 0 Å². The van der Waals surface area contributed by atoms with Gasteiger partial charge in [-0.2, -0.15) is 0 Å². The van der Waals surface area contributed by atoms with Gasteiger partial charge < -0.3 is 14.5 Å². The van der Waals surface area contributed by atoms with E-state index >= 15 is 0 Å². The average Bonchev–Trinajstić information content (AvgIpc) is 3.43. The van der Waals surface area contributed by atoms with E-state index in [1.807, 2.05) is 0 Å². The van der Waals surface area contributed by atoms with Gasteiger partial charge in [-0.05, 0) is 51.9 Å². The van der Waals surface area contributed by atoms with Crippen molar-refractivity contribution in [3.63, 3.8) is 0 Å². The van der Waals surface area contributed by atoms with Crippen LogP contribution in [0.5, 0.6) is 0 Å². The summed E-state index contributed by atoms with van der Waals surface area (Å²) in [5.74, 6) is 1.65. The summed E-state index contributed by atoms with van der Waals surface area (Å²) in [4.78, 5) is 14.5. The van der Waals surface area contributed by atoms with E-state index < -0.39 is 0 Å². The Morgan fingerprint density at radius 3 is 2.72 bits per heavy atom. The van der Waals surface area contributed by atoms with E-state index in [4.69, 9.17) is 14.7 Å². The number of nitrogens with one attached hydrogen (secondary N) is 2. The first-order valence-electron chi connectivity index (χ1n) is 11.7. The van der Waals surface area contributed by atoms with Crippen LogP contribution in [-0.2, 0) is 4.74 Å². The maximum absolute atomic E-state index is 6.45. The average molecular weight is 399 g/mol. The largest absolute Gasteiger partial charge is 0.372 e. The van der Waals surface area contributed by atoms with Crippen LogP contribution in [0.1, 0.15) is 63.6 Å². The van der Waals surface area contributed by atoms with Crippen molar-refractivity contribution in [3.8, 4) is 0 Å². The normalized spacial score (nSPS) is 40.5. The highest BCUT2D eigenvalue weighted by Crippen LogP contribution is 2.45. The summed E-state index contributed by atoms with van der Waals surface area (Å²) in [6.07, 6.45) is 10.6. The molecule has 4 saturated heterocycles. The van der Waals surface area contributed by atoms with Gasteiger partial charge in [-0.1, -0.05) is 0 Å². The summed E-state index contributed by atoms with van der Waals surface area (Å²) < 4.78 is 6.45. The highest BCUT2D eigenvalue weighted by Gasteiger charge is 2.46. The number of nitrogens with zero attached hydrogens (tertiary/aromatic N) is 4. The molecule has 7 heteroatoms. The van der Waals surface area contributed by atoms with Crippen molar-refractivity contribution >= 4 is 5.82 Å². The Bertz CT molecular complexity index is 747. The first-order valence-corrected chi connectivity index (χ1v) is 11.7.